The normalized spacial score (nSPS) is 11.8. The van der Waals surface area contributed by atoms with E-state index in [0.29, 0.717) is 11.5 Å². The molecule has 1 N–H and O–H groups in total. The fourth-order valence-corrected chi connectivity index (χ4v) is 3.48. The lowest BCUT2D eigenvalue weighted by Gasteiger charge is -2.11. The van der Waals surface area contributed by atoms with E-state index in [1.807, 2.05) is 13.8 Å². The fraction of sp³-hybridized carbons (Fsp3) is 0.364. The van der Waals surface area contributed by atoms with Gasteiger partial charge in [0.15, 0.2) is 4.21 Å². The van der Waals surface area contributed by atoms with Gasteiger partial charge in [0.1, 0.15) is 12.1 Å². The van der Waals surface area contributed by atoms with Crippen LogP contribution in [-0.4, -0.2) is 22.8 Å². The zero-order valence-corrected chi connectivity index (χ0v) is 12.4. The van der Waals surface area contributed by atoms with Crippen LogP contribution >= 0.6 is 11.5 Å². The van der Waals surface area contributed by atoms with E-state index >= 15 is 0 Å². The van der Waals surface area contributed by atoms with E-state index in [-0.39, 0.29) is 10.1 Å². The summed E-state index contributed by atoms with van der Waals surface area (Å²) >= 11 is 0.946. The summed E-state index contributed by atoms with van der Waals surface area (Å²) in [4.78, 5) is 7.92. The number of nitrogens with one attached hydrogen (secondary N) is 1. The van der Waals surface area contributed by atoms with Gasteiger partial charge in [-0.15, -0.1) is 0 Å². The van der Waals surface area contributed by atoms with E-state index in [1.54, 1.807) is 13.1 Å². The van der Waals surface area contributed by atoms with Crippen molar-refractivity contribution in [2.45, 2.75) is 30.9 Å². The van der Waals surface area contributed by atoms with Crippen LogP contribution in [0.5, 0.6) is 0 Å². The Morgan fingerprint density at radius 3 is 2.68 bits per heavy atom. The molecule has 2 aromatic rings. The molecule has 0 aliphatic heterocycles. The Kier molecular flexibility index (Phi) is 3.81. The van der Waals surface area contributed by atoms with Crippen LogP contribution in [0.15, 0.2) is 22.8 Å². The molecule has 102 valence electrons. The summed E-state index contributed by atoms with van der Waals surface area (Å²) in [5.74, 6) is 0.443. The van der Waals surface area contributed by atoms with Crippen molar-refractivity contribution >= 4 is 27.4 Å². The molecular formula is C11H14N4O2S2. The lowest BCUT2D eigenvalue weighted by Crippen LogP contribution is -2.14. The van der Waals surface area contributed by atoms with Gasteiger partial charge in [0, 0.05) is 11.8 Å². The third-order valence-electron chi connectivity index (χ3n) is 2.46. The van der Waals surface area contributed by atoms with Gasteiger partial charge < -0.3 is 0 Å². The number of sulfonamides is 1. The fourth-order valence-electron chi connectivity index (χ4n) is 1.49. The van der Waals surface area contributed by atoms with Gasteiger partial charge in [-0.25, -0.2) is 18.4 Å². The highest BCUT2D eigenvalue weighted by Gasteiger charge is 2.20. The Morgan fingerprint density at radius 1 is 1.37 bits per heavy atom. The minimum absolute atomic E-state index is 0.127. The predicted molar refractivity (Wildman–Crippen MR) is 73.8 cm³/mol. The Morgan fingerprint density at radius 2 is 2.11 bits per heavy atom. The smallest absolute Gasteiger partial charge is 0.262 e. The maximum Gasteiger partial charge on any atom is 0.274 e. The van der Waals surface area contributed by atoms with Crippen molar-refractivity contribution in [1.82, 2.24) is 14.3 Å². The number of nitrogens with zero attached hydrogens (tertiary/aromatic N) is 3. The van der Waals surface area contributed by atoms with E-state index in [9.17, 15) is 8.42 Å². The molecule has 0 saturated carbocycles. The van der Waals surface area contributed by atoms with Gasteiger partial charge in [-0.05, 0) is 30.4 Å². The van der Waals surface area contributed by atoms with Crippen molar-refractivity contribution in [3.05, 3.63) is 29.8 Å². The summed E-state index contributed by atoms with van der Waals surface area (Å²) in [6.07, 6.45) is 2.94. The van der Waals surface area contributed by atoms with Crippen LogP contribution < -0.4 is 4.72 Å². The molecule has 0 fully saturated rings. The molecule has 8 heteroatoms. The molecule has 6 nitrogen and oxygen atoms in total. The van der Waals surface area contributed by atoms with Crippen LogP contribution in [0.1, 0.15) is 31.0 Å². The van der Waals surface area contributed by atoms with Crippen LogP contribution in [-0.2, 0) is 10.0 Å². The number of aromatic nitrogens is 3. The zero-order valence-electron chi connectivity index (χ0n) is 10.8. The number of aryl methyl sites for hydroxylation is 1. The molecule has 0 atom stereocenters. The third kappa shape index (κ3) is 3.07. The van der Waals surface area contributed by atoms with Crippen LogP contribution in [0.2, 0.25) is 0 Å². The molecule has 0 aliphatic carbocycles. The number of anilines is 1. The molecule has 0 unspecified atom stereocenters. The Balaban J connectivity index is 2.36. The second-order valence-electron chi connectivity index (χ2n) is 4.37. The van der Waals surface area contributed by atoms with Crippen molar-refractivity contribution in [3.63, 3.8) is 0 Å². The van der Waals surface area contributed by atoms with Crippen LogP contribution in [0.4, 0.5) is 5.82 Å². The van der Waals surface area contributed by atoms with E-state index in [4.69, 9.17) is 0 Å². The second kappa shape index (κ2) is 5.22. The van der Waals surface area contributed by atoms with E-state index in [2.05, 4.69) is 19.1 Å². The van der Waals surface area contributed by atoms with Crippen LogP contribution in [0.25, 0.3) is 0 Å². The van der Waals surface area contributed by atoms with Crippen molar-refractivity contribution in [1.29, 1.82) is 0 Å². The largest absolute Gasteiger partial charge is 0.274 e. The van der Waals surface area contributed by atoms with Gasteiger partial charge in [0.2, 0.25) is 0 Å². The van der Waals surface area contributed by atoms with Crippen LogP contribution in [0, 0.1) is 6.92 Å². The third-order valence-corrected chi connectivity index (χ3v) is 5.13. The van der Waals surface area contributed by atoms with Crippen molar-refractivity contribution < 1.29 is 8.42 Å². The molecule has 2 rings (SSSR count). The Hall–Kier alpha value is -1.54. The van der Waals surface area contributed by atoms with Gasteiger partial charge >= 0.3 is 0 Å². The van der Waals surface area contributed by atoms with Gasteiger partial charge in [-0.3, -0.25) is 4.72 Å². The molecule has 0 aliphatic rings. The van der Waals surface area contributed by atoms with Gasteiger partial charge in [-0.2, -0.15) is 4.37 Å². The summed E-state index contributed by atoms with van der Waals surface area (Å²) in [5, 5.41) is 0. The van der Waals surface area contributed by atoms with E-state index in [1.165, 1.54) is 12.4 Å². The summed E-state index contributed by atoms with van der Waals surface area (Å²) in [6.45, 7) is 5.65. The van der Waals surface area contributed by atoms with Gasteiger partial charge in [-0.1, -0.05) is 13.8 Å². The zero-order chi connectivity index (χ0) is 14.0. The average molecular weight is 298 g/mol. The molecule has 2 aromatic heterocycles. The molecule has 2 heterocycles. The van der Waals surface area contributed by atoms with Crippen molar-refractivity contribution in [3.8, 4) is 0 Å². The Bertz CT molecular complexity index is 680. The highest BCUT2D eigenvalue weighted by Crippen LogP contribution is 2.24. The first-order valence-electron chi connectivity index (χ1n) is 5.66. The molecule has 0 spiro atoms. The highest BCUT2D eigenvalue weighted by atomic mass is 32.2. The first-order valence-corrected chi connectivity index (χ1v) is 7.92. The van der Waals surface area contributed by atoms with Gasteiger partial charge in [0.05, 0.1) is 5.69 Å². The lowest BCUT2D eigenvalue weighted by atomic mass is 10.1. The monoisotopic (exact) mass is 298 g/mol. The quantitative estimate of drug-likeness (QED) is 0.935. The summed E-state index contributed by atoms with van der Waals surface area (Å²) in [6, 6.07) is 1.53. The van der Waals surface area contributed by atoms with Crippen molar-refractivity contribution in [2.75, 3.05) is 4.72 Å². The summed E-state index contributed by atoms with van der Waals surface area (Å²) < 4.78 is 31.0. The minimum atomic E-state index is -3.63. The number of rotatable bonds is 4. The predicted octanol–water partition coefficient (Wildman–Crippen LogP) is 2.17. The molecule has 0 radical (unpaired) electrons. The molecule has 0 saturated heterocycles. The summed E-state index contributed by atoms with van der Waals surface area (Å²) in [7, 11) is -3.63. The van der Waals surface area contributed by atoms with Crippen molar-refractivity contribution in [2.24, 2.45) is 0 Å². The lowest BCUT2D eigenvalue weighted by molar-refractivity contribution is 0.602. The average Bonchev–Trinajstić information content (AvgIpc) is 2.76. The van der Waals surface area contributed by atoms with E-state index < -0.39 is 10.0 Å². The molecule has 0 amide bonds. The minimum Gasteiger partial charge on any atom is -0.262 e. The summed E-state index contributed by atoms with van der Waals surface area (Å²) in [5.41, 5.74) is 1.43. The second-order valence-corrected chi connectivity index (χ2v) is 7.09. The van der Waals surface area contributed by atoms with E-state index in [0.717, 1.165) is 17.1 Å². The topological polar surface area (TPSA) is 84.8 Å². The molecule has 19 heavy (non-hydrogen) atoms. The highest BCUT2D eigenvalue weighted by molar-refractivity contribution is 7.94. The number of hydrogen-bond donors (Lipinski definition) is 1. The molecule has 0 aromatic carbocycles. The number of hydrogen-bond acceptors (Lipinski definition) is 6. The maximum absolute atomic E-state index is 12.2. The molecule has 0 bridgehead atoms. The SMILES string of the molecule is Cc1cc(S(=O)(=O)Nc2ncncc2C(C)C)sn1. The molecular weight excluding hydrogens is 284 g/mol. The first kappa shape index (κ1) is 13.9. The first-order chi connectivity index (χ1) is 8.90. The van der Waals surface area contributed by atoms with Crippen LogP contribution in [0.3, 0.4) is 0 Å². The standard InChI is InChI=1S/C11H14N4O2S2/c1-7(2)9-5-12-6-13-11(9)15-19(16,17)10-4-8(3)14-18-10/h4-7H,1-3H3,(H,12,13,15). The van der Waals surface area contributed by atoms with Gasteiger partial charge in [0.25, 0.3) is 10.0 Å². The maximum atomic E-state index is 12.2. The Labute approximate surface area is 116 Å².